The number of aryl methyl sites for hydroxylation is 1. The normalized spacial score (nSPS) is 9.85. The highest BCUT2D eigenvalue weighted by Crippen LogP contribution is 2.35. The Morgan fingerprint density at radius 2 is 2.10 bits per heavy atom. The lowest BCUT2D eigenvalue weighted by atomic mass is 10.2. The van der Waals surface area contributed by atoms with Gasteiger partial charge in [0, 0.05) is 12.1 Å². The summed E-state index contributed by atoms with van der Waals surface area (Å²) in [6.07, 6.45) is 0. The summed E-state index contributed by atoms with van der Waals surface area (Å²) in [5.74, 6) is 0.504. The summed E-state index contributed by atoms with van der Waals surface area (Å²) in [7, 11) is 0. The molecule has 0 radical (unpaired) electrons. The van der Waals surface area contributed by atoms with Gasteiger partial charge in [-0.2, -0.15) is 5.26 Å². The minimum Gasteiger partial charge on any atom is -0.450 e. The molecule has 0 amide bonds. The molecule has 20 heavy (non-hydrogen) atoms. The second kappa shape index (κ2) is 5.59. The van der Waals surface area contributed by atoms with E-state index in [0.717, 1.165) is 0 Å². The van der Waals surface area contributed by atoms with Crippen molar-refractivity contribution in [3.05, 3.63) is 62.7 Å². The average molecular weight is 289 g/mol. The first kappa shape index (κ1) is 13.8. The first-order valence-electron chi connectivity index (χ1n) is 5.64. The molecule has 0 saturated heterocycles. The Hall–Kier alpha value is -2.58. The van der Waals surface area contributed by atoms with E-state index < -0.39 is 4.92 Å². The molecule has 0 aliphatic rings. The van der Waals surface area contributed by atoms with Gasteiger partial charge in [-0.25, -0.2) is 0 Å². The maximum Gasteiger partial charge on any atom is 0.311 e. The van der Waals surface area contributed by atoms with Crippen LogP contribution in [0.1, 0.15) is 11.1 Å². The highest BCUT2D eigenvalue weighted by Gasteiger charge is 2.18. The second-order valence-corrected chi connectivity index (χ2v) is 4.44. The van der Waals surface area contributed by atoms with E-state index in [1.54, 1.807) is 25.1 Å². The third-order valence-corrected chi connectivity index (χ3v) is 2.98. The molecule has 0 fully saturated rings. The minimum absolute atomic E-state index is 0.120. The Bertz CT molecular complexity index is 723. The largest absolute Gasteiger partial charge is 0.450 e. The summed E-state index contributed by atoms with van der Waals surface area (Å²) >= 11 is 5.90. The average Bonchev–Trinajstić information content (AvgIpc) is 2.41. The van der Waals surface area contributed by atoms with Crippen LogP contribution in [0.15, 0.2) is 36.4 Å². The van der Waals surface area contributed by atoms with Gasteiger partial charge in [0.05, 0.1) is 15.5 Å². The number of nitro groups is 1. The van der Waals surface area contributed by atoms with Crippen LogP contribution in [-0.2, 0) is 0 Å². The Morgan fingerprint density at radius 3 is 2.70 bits per heavy atom. The lowest BCUT2D eigenvalue weighted by molar-refractivity contribution is -0.385. The number of para-hydroxylation sites is 1. The van der Waals surface area contributed by atoms with Crippen molar-refractivity contribution in [2.75, 3.05) is 0 Å². The summed E-state index contributed by atoms with van der Waals surface area (Å²) in [6.45, 7) is 1.72. The second-order valence-electron chi connectivity index (χ2n) is 4.04. The molecule has 0 saturated carbocycles. The van der Waals surface area contributed by atoms with Gasteiger partial charge >= 0.3 is 5.69 Å². The molecule has 0 bridgehead atoms. The lowest BCUT2D eigenvalue weighted by Gasteiger charge is -2.09. The first-order valence-corrected chi connectivity index (χ1v) is 6.02. The Balaban J connectivity index is 2.43. The van der Waals surface area contributed by atoms with E-state index in [4.69, 9.17) is 21.6 Å². The van der Waals surface area contributed by atoms with Crippen molar-refractivity contribution in [2.24, 2.45) is 0 Å². The quantitative estimate of drug-likeness (QED) is 0.626. The fourth-order valence-corrected chi connectivity index (χ4v) is 1.89. The van der Waals surface area contributed by atoms with Crippen LogP contribution in [0, 0.1) is 28.4 Å². The zero-order valence-corrected chi connectivity index (χ0v) is 11.2. The van der Waals surface area contributed by atoms with Gasteiger partial charge in [-0.1, -0.05) is 23.7 Å². The standard InChI is InChI=1S/C14H9ClN2O3/c1-9-3-2-4-13(17(18)19)14(9)20-11-6-5-10(8-16)12(15)7-11/h2-7H,1H3. The van der Waals surface area contributed by atoms with Crippen molar-refractivity contribution in [1.29, 1.82) is 5.26 Å². The summed E-state index contributed by atoms with van der Waals surface area (Å²) in [4.78, 5) is 10.5. The molecule has 0 atom stereocenters. The van der Waals surface area contributed by atoms with Gasteiger partial charge in [0.25, 0.3) is 0 Å². The first-order chi connectivity index (χ1) is 9.52. The van der Waals surface area contributed by atoms with Crippen LogP contribution >= 0.6 is 11.6 Å². The van der Waals surface area contributed by atoms with Gasteiger partial charge in [-0.3, -0.25) is 10.1 Å². The molecule has 2 aromatic carbocycles. The molecule has 6 heteroatoms. The van der Waals surface area contributed by atoms with Crippen LogP contribution < -0.4 is 4.74 Å². The van der Waals surface area contributed by atoms with Crippen LogP contribution in [-0.4, -0.2) is 4.92 Å². The molecule has 100 valence electrons. The van der Waals surface area contributed by atoms with Crippen molar-refractivity contribution in [1.82, 2.24) is 0 Å². The number of hydrogen-bond donors (Lipinski definition) is 0. The van der Waals surface area contributed by atoms with E-state index in [2.05, 4.69) is 0 Å². The Morgan fingerprint density at radius 1 is 1.35 bits per heavy atom. The molecule has 0 N–H and O–H groups in total. The molecule has 0 aliphatic carbocycles. The summed E-state index contributed by atoms with van der Waals surface area (Å²) in [5.41, 5.74) is 0.837. The molecule has 0 aromatic heterocycles. The van der Waals surface area contributed by atoms with Crippen molar-refractivity contribution in [3.8, 4) is 17.6 Å². The van der Waals surface area contributed by atoms with Crippen LogP contribution in [0.5, 0.6) is 11.5 Å². The van der Waals surface area contributed by atoms with Gasteiger partial charge in [0.1, 0.15) is 11.8 Å². The Kier molecular flexibility index (Phi) is 3.87. The monoisotopic (exact) mass is 288 g/mol. The Labute approximate surface area is 120 Å². The van der Waals surface area contributed by atoms with E-state index >= 15 is 0 Å². The fraction of sp³-hybridized carbons (Fsp3) is 0.0714. The molecular formula is C14H9ClN2O3. The number of benzene rings is 2. The zero-order valence-electron chi connectivity index (χ0n) is 10.5. The van der Waals surface area contributed by atoms with Crippen LogP contribution in [0.25, 0.3) is 0 Å². The zero-order chi connectivity index (χ0) is 14.7. The molecule has 0 heterocycles. The van der Waals surface area contributed by atoms with Crippen molar-refractivity contribution in [3.63, 3.8) is 0 Å². The van der Waals surface area contributed by atoms with Gasteiger partial charge < -0.3 is 4.74 Å². The summed E-state index contributed by atoms with van der Waals surface area (Å²) < 4.78 is 5.55. The molecule has 0 spiro atoms. The van der Waals surface area contributed by atoms with E-state index in [9.17, 15) is 10.1 Å². The van der Waals surface area contributed by atoms with Crippen LogP contribution in [0.3, 0.4) is 0 Å². The van der Waals surface area contributed by atoms with E-state index in [-0.39, 0.29) is 16.5 Å². The number of nitro benzene ring substituents is 1. The number of nitrogens with zero attached hydrogens (tertiary/aromatic N) is 2. The van der Waals surface area contributed by atoms with Crippen molar-refractivity contribution in [2.45, 2.75) is 6.92 Å². The van der Waals surface area contributed by atoms with Gasteiger partial charge in [-0.15, -0.1) is 0 Å². The number of ether oxygens (including phenoxy) is 1. The molecule has 2 rings (SSSR count). The molecular weight excluding hydrogens is 280 g/mol. The predicted molar refractivity (Wildman–Crippen MR) is 74.1 cm³/mol. The minimum atomic E-state index is -0.506. The summed E-state index contributed by atoms with van der Waals surface area (Å²) in [6, 6.07) is 11.1. The highest BCUT2D eigenvalue weighted by molar-refractivity contribution is 6.31. The topological polar surface area (TPSA) is 76.2 Å². The number of nitriles is 1. The van der Waals surface area contributed by atoms with E-state index in [1.807, 2.05) is 6.07 Å². The summed E-state index contributed by atoms with van der Waals surface area (Å²) in [5, 5.41) is 20.0. The lowest BCUT2D eigenvalue weighted by Crippen LogP contribution is -1.95. The fourth-order valence-electron chi connectivity index (χ4n) is 1.68. The molecule has 2 aromatic rings. The maximum absolute atomic E-state index is 11.0. The SMILES string of the molecule is Cc1cccc([N+](=O)[O-])c1Oc1ccc(C#N)c(Cl)c1. The number of hydrogen-bond acceptors (Lipinski definition) is 4. The maximum atomic E-state index is 11.0. The van der Waals surface area contributed by atoms with Crippen LogP contribution in [0.4, 0.5) is 5.69 Å². The molecule has 5 nitrogen and oxygen atoms in total. The molecule has 0 aliphatic heterocycles. The third kappa shape index (κ3) is 2.71. The smallest absolute Gasteiger partial charge is 0.311 e. The van der Waals surface area contributed by atoms with Gasteiger partial charge in [-0.05, 0) is 24.6 Å². The molecule has 0 unspecified atom stereocenters. The number of rotatable bonds is 3. The van der Waals surface area contributed by atoms with Gasteiger partial charge in [0.2, 0.25) is 5.75 Å². The van der Waals surface area contributed by atoms with Crippen LogP contribution in [0.2, 0.25) is 5.02 Å². The van der Waals surface area contributed by atoms with Gasteiger partial charge in [0.15, 0.2) is 0 Å². The van der Waals surface area contributed by atoms with E-state index in [0.29, 0.717) is 16.9 Å². The van der Waals surface area contributed by atoms with E-state index in [1.165, 1.54) is 18.2 Å². The van der Waals surface area contributed by atoms with Crippen molar-refractivity contribution < 1.29 is 9.66 Å². The highest BCUT2D eigenvalue weighted by atomic mass is 35.5. The third-order valence-electron chi connectivity index (χ3n) is 2.67. The predicted octanol–water partition coefficient (Wildman–Crippen LogP) is 4.22. The number of halogens is 1. The van der Waals surface area contributed by atoms with Crippen molar-refractivity contribution >= 4 is 17.3 Å².